The van der Waals surface area contributed by atoms with Gasteiger partial charge in [-0.1, -0.05) is 54.6 Å². The quantitative estimate of drug-likeness (QED) is 0.578. The summed E-state index contributed by atoms with van der Waals surface area (Å²) >= 11 is 0. The number of hydrogen-bond acceptors (Lipinski definition) is 3. The van der Waals surface area contributed by atoms with Gasteiger partial charge in [0.15, 0.2) is 5.60 Å². The number of nitrogens with one attached hydrogen (secondary N) is 1. The molecule has 154 valence electrons. The van der Waals surface area contributed by atoms with Gasteiger partial charge in [-0.05, 0) is 61.2 Å². The molecule has 0 atom stereocenters. The van der Waals surface area contributed by atoms with E-state index in [0.29, 0.717) is 17.9 Å². The molecule has 5 nitrogen and oxygen atoms in total. The van der Waals surface area contributed by atoms with Gasteiger partial charge >= 0.3 is 5.97 Å². The van der Waals surface area contributed by atoms with Crippen LogP contribution in [-0.2, 0) is 11.2 Å². The van der Waals surface area contributed by atoms with Crippen molar-refractivity contribution in [3.05, 3.63) is 90.0 Å². The Kier molecular flexibility index (Phi) is 6.52. The van der Waals surface area contributed by atoms with Gasteiger partial charge in [0.25, 0.3) is 5.91 Å². The van der Waals surface area contributed by atoms with Gasteiger partial charge in [0.1, 0.15) is 5.75 Å². The fourth-order valence-corrected chi connectivity index (χ4v) is 2.93. The monoisotopic (exact) mass is 403 g/mol. The molecule has 0 bridgehead atoms. The van der Waals surface area contributed by atoms with Crippen LogP contribution in [0.25, 0.3) is 11.1 Å². The zero-order chi connectivity index (χ0) is 21.6. The molecule has 0 heterocycles. The number of hydrogen-bond donors (Lipinski definition) is 2. The first-order chi connectivity index (χ1) is 14.3. The van der Waals surface area contributed by atoms with Crippen molar-refractivity contribution in [2.24, 2.45) is 0 Å². The predicted octanol–water partition coefficient (Wildman–Crippen LogP) is 4.57. The van der Waals surface area contributed by atoms with E-state index in [1.807, 2.05) is 54.6 Å². The second-order valence-electron chi connectivity index (χ2n) is 7.51. The molecule has 3 aromatic carbocycles. The Morgan fingerprint density at radius 2 is 1.43 bits per heavy atom. The zero-order valence-electron chi connectivity index (χ0n) is 17.1. The SMILES string of the molecule is CC(C)(Oc1ccc(-c2ccc(CCNC(=O)c3ccccc3)cc2)cc1)C(=O)O. The van der Waals surface area contributed by atoms with Crippen LogP contribution in [0.5, 0.6) is 5.75 Å². The third-order valence-corrected chi connectivity index (χ3v) is 4.76. The van der Waals surface area contributed by atoms with Crippen molar-refractivity contribution >= 4 is 11.9 Å². The molecule has 0 saturated heterocycles. The normalized spacial score (nSPS) is 11.0. The summed E-state index contributed by atoms with van der Waals surface area (Å²) in [6.07, 6.45) is 0.746. The molecule has 0 aliphatic carbocycles. The van der Waals surface area contributed by atoms with Gasteiger partial charge in [-0.2, -0.15) is 0 Å². The highest BCUT2D eigenvalue weighted by atomic mass is 16.5. The average Bonchev–Trinajstić information content (AvgIpc) is 2.75. The van der Waals surface area contributed by atoms with Crippen LogP contribution >= 0.6 is 0 Å². The summed E-state index contributed by atoms with van der Waals surface area (Å²) in [7, 11) is 0. The molecule has 3 rings (SSSR count). The fourth-order valence-electron chi connectivity index (χ4n) is 2.93. The first-order valence-electron chi connectivity index (χ1n) is 9.80. The lowest BCUT2D eigenvalue weighted by atomic mass is 10.0. The molecule has 5 heteroatoms. The maximum Gasteiger partial charge on any atom is 0.347 e. The standard InChI is InChI=1S/C25H25NO4/c1-25(2,24(28)29)30-22-14-12-20(13-15-22)19-10-8-18(9-11-19)16-17-26-23(27)21-6-4-3-5-7-21/h3-15H,16-17H2,1-2H3,(H,26,27)(H,28,29). The lowest BCUT2D eigenvalue weighted by Gasteiger charge is -2.21. The summed E-state index contributed by atoms with van der Waals surface area (Å²) in [5, 5.41) is 12.1. The van der Waals surface area contributed by atoms with Crippen LogP contribution in [0.15, 0.2) is 78.9 Å². The molecule has 3 aromatic rings. The molecule has 0 spiro atoms. The average molecular weight is 403 g/mol. The number of carboxylic acids is 1. The number of ether oxygens (including phenoxy) is 1. The second kappa shape index (κ2) is 9.27. The van der Waals surface area contributed by atoms with Crippen LogP contribution < -0.4 is 10.1 Å². The molecule has 0 saturated carbocycles. The van der Waals surface area contributed by atoms with E-state index in [9.17, 15) is 9.59 Å². The molecular formula is C25H25NO4. The first kappa shape index (κ1) is 21.1. The van der Waals surface area contributed by atoms with Crippen molar-refractivity contribution in [2.75, 3.05) is 6.54 Å². The molecule has 0 aliphatic rings. The van der Waals surface area contributed by atoms with E-state index in [-0.39, 0.29) is 5.91 Å². The van der Waals surface area contributed by atoms with Gasteiger partial charge < -0.3 is 15.2 Å². The summed E-state index contributed by atoms with van der Waals surface area (Å²) in [6, 6.07) is 24.7. The first-order valence-corrected chi connectivity index (χ1v) is 9.80. The largest absolute Gasteiger partial charge is 0.478 e. The van der Waals surface area contributed by atoms with Gasteiger partial charge in [0.05, 0.1) is 0 Å². The van der Waals surface area contributed by atoms with E-state index in [1.54, 1.807) is 24.3 Å². The Bertz CT molecular complexity index is 994. The molecular weight excluding hydrogens is 378 g/mol. The maximum absolute atomic E-state index is 12.1. The van der Waals surface area contributed by atoms with Crippen molar-refractivity contribution in [1.82, 2.24) is 5.32 Å². The van der Waals surface area contributed by atoms with Crippen LogP contribution in [0.1, 0.15) is 29.8 Å². The molecule has 0 fully saturated rings. The highest BCUT2D eigenvalue weighted by Crippen LogP contribution is 2.25. The van der Waals surface area contributed by atoms with Crippen LogP contribution in [0, 0.1) is 0 Å². The van der Waals surface area contributed by atoms with Crippen molar-refractivity contribution in [3.8, 4) is 16.9 Å². The Morgan fingerprint density at radius 3 is 2.00 bits per heavy atom. The Morgan fingerprint density at radius 1 is 0.867 bits per heavy atom. The van der Waals surface area contributed by atoms with Gasteiger partial charge in [-0.25, -0.2) is 4.79 Å². The van der Waals surface area contributed by atoms with E-state index in [4.69, 9.17) is 9.84 Å². The van der Waals surface area contributed by atoms with E-state index < -0.39 is 11.6 Å². The van der Waals surface area contributed by atoms with Gasteiger partial charge in [-0.15, -0.1) is 0 Å². The fraction of sp³-hybridized carbons (Fsp3) is 0.200. The molecule has 1 amide bonds. The minimum absolute atomic E-state index is 0.0689. The van der Waals surface area contributed by atoms with Crippen molar-refractivity contribution in [1.29, 1.82) is 0 Å². The summed E-state index contributed by atoms with van der Waals surface area (Å²) < 4.78 is 5.53. The molecule has 2 N–H and O–H groups in total. The van der Waals surface area contributed by atoms with Crippen molar-refractivity contribution in [3.63, 3.8) is 0 Å². The number of rotatable bonds is 8. The van der Waals surface area contributed by atoms with E-state index in [0.717, 1.165) is 23.1 Å². The van der Waals surface area contributed by atoms with E-state index in [2.05, 4.69) is 5.32 Å². The third kappa shape index (κ3) is 5.47. The minimum Gasteiger partial charge on any atom is -0.478 e. The van der Waals surface area contributed by atoms with Crippen LogP contribution in [0.3, 0.4) is 0 Å². The van der Waals surface area contributed by atoms with Crippen molar-refractivity contribution < 1.29 is 19.4 Å². The van der Waals surface area contributed by atoms with Crippen LogP contribution in [0.4, 0.5) is 0 Å². The predicted molar refractivity (Wildman–Crippen MR) is 117 cm³/mol. The molecule has 0 unspecified atom stereocenters. The second-order valence-corrected chi connectivity index (χ2v) is 7.51. The highest BCUT2D eigenvalue weighted by molar-refractivity contribution is 5.94. The van der Waals surface area contributed by atoms with Gasteiger partial charge in [0.2, 0.25) is 0 Å². The molecule has 30 heavy (non-hydrogen) atoms. The maximum atomic E-state index is 12.1. The summed E-state index contributed by atoms with van der Waals surface area (Å²) in [6.45, 7) is 3.60. The zero-order valence-corrected chi connectivity index (χ0v) is 17.1. The smallest absolute Gasteiger partial charge is 0.347 e. The number of carbonyl (C=O) groups is 2. The molecule has 0 radical (unpaired) electrons. The number of carbonyl (C=O) groups excluding carboxylic acids is 1. The van der Waals surface area contributed by atoms with Crippen molar-refractivity contribution in [2.45, 2.75) is 25.9 Å². The van der Waals surface area contributed by atoms with Gasteiger partial charge in [-0.3, -0.25) is 4.79 Å². The van der Waals surface area contributed by atoms with E-state index >= 15 is 0 Å². The molecule has 0 aliphatic heterocycles. The Hall–Kier alpha value is -3.60. The lowest BCUT2D eigenvalue weighted by Crippen LogP contribution is -2.37. The third-order valence-electron chi connectivity index (χ3n) is 4.76. The summed E-state index contributed by atoms with van der Waals surface area (Å²) in [5.41, 5.74) is 2.58. The van der Waals surface area contributed by atoms with E-state index in [1.165, 1.54) is 13.8 Å². The van der Waals surface area contributed by atoms with Crippen LogP contribution in [0.2, 0.25) is 0 Å². The number of benzene rings is 3. The highest BCUT2D eigenvalue weighted by Gasteiger charge is 2.29. The Balaban J connectivity index is 1.55. The summed E-state index contributed by atoms with van der Waals surface area (Å²) in [5.74, 6) is -0.570. The minimum atomic E-state index is -1.28. The number of aliphatic carboxylic acids is 1. The lowest BCUT2D eigenvalue weighted by molar-refractivity contribution is -0.152. The summed E-state index contributed by atoms with van der Waals surface area (Å²) in [4.78, 5) is 23.3. The van der Waals surface area contributed by atoms with Crippen LogP contribution in [-0.4, -0.2) is 29.1 Å². The number of amides is 1. The molecule has 0 aromatic heterocycles. The topological polar surface area (TPSA) is 75.6 Å². The Labute approximate surface area is 176 Å². The van der Waals surface area contributed by atoms with Gasteiger partial charge in [0, 0.05) is 12.1 Å². The number of carboxylic acid groups (broad SMARTS) is 1.